The lowest BCUT2D eigenvalue weighted by atomic mass is 9.84. The number of rotatable bonds is 91. The molecule has 0 aliphatic rings. The molecule has 1 aromatic carbocycles. The van der Waals surface area contributed by atoms with Gasteiger partial charge in [0, 0.05) is 6.04 Å². The molecule has 0 saturated heterocycles. The van der Waals surface area contributed by atoms with Crippen molar-refractivity contribution in [2.75, 3.05) is 139 Å². The Bertz CT molecular complexity index is 2440. The first-order valence-corrected chi connectivity index (χ1v) is 50.8. The zero-order valence-corrected chi connectivity index (χ0v) is 84.7. The Balaban J connectivity index is 2.52. The molecular weight excluding hydrogens is 1580 g/mol. The molecule has 1 rings (SSSR count). The van der Waals surface area contributed by atoms with Gasteiger partial charge in [-0.25, -0.2) is 0 Å². The van der Waals surface area contributed by atoms with E-state index in [1.807, 2.05) is 0 Å². The van der Waals surface area contributed by atoms with Crippen molar-refractivity contribution in [3.05, 3.63) is 29.8 Å². The first-order chi connectivity index (χ1) is 59.9. The van der Waals surface area contributed by atoms with Gasteiger partial charge in [0.2, 0.25) is 0 Å². The maximum absolute atomic E-state index is 6.48. The summed E-state index contributed by atoms with van der Waals surface area (Å²) in [6.07, 6.45) is 20.3. The standard InChI is InChI=1S/C102H199NO21/c1-27-81(103)55-104-82(28-2)56-105-83(29-3)57-106-84(30-4)58-107-85(31-5)59-108-86(32-6)60-109-87(33-7)61-110-88(34-8)62-111-89(35-9)63-112-90(36-10)64-113-91(37-11)65-114-92(38-12)66-115-93(39-13)67-116-94(40-14)68-117-95(41-15)69-118-96(42-16)70-119-97(43-17)71-120-98(44-18)72-121-99(45-19)73-122-100(46-20)74-123-101(47-21)75-124-102-50-48-80(49-51-102)79(26)54-78(25)53-77(24)52-76(22)23/h48-51,76-79,81-101H,27-47,52-75,103H2,1-26H3. The largest absolute Gasteiger partial charge is 0.491 e. The topological polar surface area (TPSA) is 220 Å². The predicted octanol–water partition coefficient (Wildman–Crippen LogP) is 21.9. The van der Waals surface area contributed by atoms with Crippen molar-refractivity contribution in [2.45, 2.75) is 468 Å². The number of nitrogens with two attached hydrogens (primary N) is 1. The average Bonchev–Trinajstić information content (AvgIpc) is 0.872. The summed E-state index contributed by atoms with van der Waals surface area (Å²) in [5.41, 5.74) is 7.46. The molecule has 0 bridgehead atoms. The predicted molar refractivity (Wildman–Crippen MR) is 506 cm³/mol. The van der Waals surface area contributed by atoms with E-state index >= 15 is 0 Å². The molecule has 0 heterocycles. The highest BCUT2D eigenvalue weighted by molar-refractivity contribution is 5.29. The third-order valence-corrected chi connectivity index (χ3v) is 24.3. The summed E-state index contributed by atoms with van der Waals surface area (Å²) in [6, 6.07) is 8.75. The minimum Gasteiger partial charge on any atom is -0.491 e. The Morgan fingerprint density at radius 1 is 0.185 bits per heavy atom. The van der Waals surface area contributed by atoms with Crippen LogP contribution in [-0.2, 0) is 94.7 Å². The molecule has 22 nitrogen and oxygen atoms in total. The summed E-state index contributed by atoms with van der Waals surface area (Å²) in [4.78, 5) is 0. The van der Waals surface area contributed by atoms with Gasteiger partial charge in [-0.05, 0) is 195 Å². The molecule has 24 atom stereocenters. The van der Waals surface area contributed by atoms with Gasteiger partial charge in [0.15, 0.2) is 0 Å². The van der Waals surface area contributed by atoms with E-state index in [4.69, 9.17) is 105 Å². The molecule has 24 unspecified atom stereocenters. The lowest BCUT2D eigenvalue weighted by Crippen LogP contribution is -2.34. The number of benzene rings is 1. The smallest absolute Gasteiger partial charge is 0.119 e. The van der Waals surface area contributed by atoms with Crippen LogP contribution in [-0.4, -0.2) is 267 Å². The third-order valence-electron chi connectivity index (χ3n) is 24.3. The van der Waals surface area contributed by atoms with Crippen molar-refractivity contribution in [3.8, 4) is 5.75 Å². The van der Waals surface area contributed by atoms with E-state index in [0.29, 0.717) is 151 Å². The molecule has 124 heavy (non-hydrogen) atoms. The highest BCUT2D eigenvalue weighted by Crippen LogP contribution is 2.31. The molecule has 0 radical (unpaired) electrons. The van der Waals surface area contributed by atoms with Crippen LogP contribution in [0.2, 0.25) is 0 Å². The van der Waals surface area contributed by atoms with Crippen LogP contribution in [0.4, 0.5) is 0 Å². The lowest BCUT2D eigenvalue weighted by molar-refractivity contribution is -0.131. The van der Waals surface area contributed by atoms with Crippen molar-refractivity contribution in [3.63, 3.8) is 0 Å². The lowest BCUT2D eigenvalue weighted by Gasteiger charge is -2.27. The molecule has 0 aliphatic carbocycles. The van der Waals surface area contributed by atoms with Crippen molar-refractivity contribution >= 4 is 0 Å². The van der Waals surface area contributed by atoms with Gasteiger partial charge >= 0.3 is 0 Å². The SMILES string of the molecule is CCC(N)COC(CC)COC(CC)COC(CC)COC(CC)COC(CC)COC(CC)COC(CC)COC(CC)COC(CC)COC(CC)COC(CC)COC(CC)COC(CC)COC(CC)COC(CC)COC(CC)COC(CC)COC(CC)COC(CC)COC(CC)COc1ccc(C(C)CC(C)CC(C)CC(C)C)cc1. The van der Waals surface area contributed by atoms with Crippen LogP contribution in [0.3, 0.4) is 0 Å². The minimum absolute atomic E-state index is 0.0109. The maximum atomic E-state index is 6.48. The number of hydrogen-bond acceptors (Lipinski definition) is 22. The zero-order chi connectivity index (χ0) is 92.1. The Morgan fingerprint density at radius 2 is 0.339 bits per heavy atom. The van der Waals surface area contributed by atoms with Crippen molar-refractivity contribution in [1.82, 2.24) is 0 Å². The van der Waals surface area contributed by atoms with Gasteiger partial charge in [-0.2, -0.15) is 0 Å². The Morgan fingerprint density at radius 3 is 0.492 bits per heavy atom. The Kier molecular flexibility index (Phi) is 76.2. The van der Waals surface area contributed by atoms with Crippen LogP contribution in [0, 0.1) is 17.8 Å². The van der Waals surface area contributed by atoms with E-state index in [1.165, 1.54) is 24.8 Å². The quantitative estimate of drug-likeness (QED) is 0.0640. The van der Waals surface area contributed by atoms with Gasteiger partial charge in [0.1, 0.15) is 12.4 Å². The van der Waals surface area contributed by atoms with E-state index in [2.05, 4.69) is 204 Å². The van der Waals surface area contributed by atoms with E-state index < -0.39 is 0 Å². The van der Waals surface area contributed by atoms with Crippen LogP contribution in [0.1, 0.15) is 346 Å². The van der Waals surface area contributed by atoms with Crippen molar-refractivity contribution < 1.29 is 99.5 Å². The molecule has 0 spiro atoms. The molecule has 0 fully saturated rings. The normalized spacial score (nSPS) is 18.2. The highest BCUT2D eigenvalue weighted by atomic mass is 16.6. The molecular formula is C102H199NO21. The van der Waals surface area contributed by atoms with Gasteiger partial charge in [-0.15, -0.1) is 0 Å². The first-order valence-electron chi connectivity index (χ1n) is 50.8. The van der Waals surface area contributed by atoms with E-state index in [1.54, 1.807) is 0 Å². The second-order valence-electron chi connectivity index (χ2n) is 35.5. The first kappa shape index (κ1) is 120. The van der Waals surface area contributed by atoms with Crippen molar-refractivity contribution in [2.24, 2.45) is 23.5 Å². The Hall–Kier alpha value is -1.82. The second-order valence-corrected chi connectivity index (χ2v) is 35.5. The van der Waals surface area contributed by atoms with Gasteiger partial charge in [-0.1, -0.05) is 192 Å². The van der Waals surface area contributed by atoms with Crippen LogP contribution >= 0.6 is 0 Å². The molecule has 1 aromatic rings. The summed E-state index contributed by atoms with van der Waals surface area (Å²) >= 11 is 0. The fraction of sp³-hybridized carbons (Fsp3) is 0.941. The van der Waals surface area contributed by atoms with Gasteiger partial charge in [-0.3, -0.25) is 0 Å². The molecule has 0 aromatic heterocycles. The highest BCUT2D eigenvalue weighted by Gasteiger charge is 2.27. The monoisotopic (exact) mass is 1770 g/mol. The molecule has 738 valence electrons. The summed E-state index contributed by atoms with van der Waals surface area (Å²) in [6.45, 7) is 67.0. The molecule has 2 N–H and O–H groups in total. The summed E-state index contributed by atoms with van der Waals surface area (Å²) in [5.74, 6) is 3.63. The minimum atomic E-state index is -0.0725. The van der Waals surface area contributed by atoms with E-state index in [9.17, 15) is 0 Å². The molecule has 22 heteroatoms. The zero-order valence-electron chi connectivity index (χ0n) is 84.7. The van der Waals surface area contributed by atoms with Gasteiger partial charge in [0.25, 0.3) is 0 Å². The van der Waals surface area contributed by atoms with E-state index in [-0.39, 0.29) is 128 Å². The fourth-order valence-corrected chi connectivity index (χ4v) is 14.2. The number of hydrogen-bond donors (Lipinski definition) is 1. The Labute approximate surface area is 761 Å². The molecule has 0 amide bonds. The van der Waals surface area contributed by atoms with Gasteiger partial charge < -0.3 is 105 Å². The van der Waals surface area contributed by atoms with Gasteiger partial charge in [0.05, 0.1) is 254 Å². The van der Waals surface area contributed by atoms with Crippen LogP contribution in [0.25, 0.3) is 0 Å². The number of ether oxygens (including phenoxy) is 21. The van der Waals surface area contributed by atoms with E-state index in [0.717, 1.165) is 152 Å². The summed E-state index contributed by atoms with van der Waals surface area (Å²) < 4.78 is 134. The maximum Gasteiger partial charge on any atom is 0.119 e. The van der Waals surface area contributed by atoms with Crippen LogP contribution in [0.5, 0.6) is 5.75 Å². The third kappa shape index (κ3) is 58.3. The second kappa shape index (κ2) is 78.6. The average molecular weight is 1780 g/mol. The summed E-state index contributed by atoms with van der Waals surface area (Å²) in [7, 11) is 0. The van der Waals surface area contributed by atoms with Crippen LogP contribution in [0.15, 0.2) is 24.3 Å². The molecule has 0 saturated carbocycles. The van der Waals surface area contributed by atoms with Crippen LogP contribution < -0.4 is 10.5 Å². The van der Waals surface area contributed by atoms with Crippen molar-refractivity contribution in [1.29, 1.82) is 0 Å². The summed E-state index contributed by atoms with van der Waals surface area (Å²) in [5, 5.41) is 0. The molecule has 0 aliphatic heterocycles. The fourth-order valence-electron chi connectivity index (χ4n) is 14.2.